The Kier molecular flexibility index (Phi) is 7.13. The van der Waals surface area contributed by atoms with Crippen LogP contribution in [0.15, 0.2) is 86.3 Å². The van der Waals surface area contributed by atoms with E-state index in [1.165, 1.54) is 0 Å². The molecule has 0 aliphatic carbocycles. The first-order valence-corrected chi connectivity index (χ1v) is 12.4. The van der Waals surface area contributed by atoms with Gasteiger partial charge in [0.1, 0.15) is 35.5 Å². The number of pyridine rings is 2. The van der Waals surface area contributed by atoms with Crippen molar-refractivity contribution in [3.05, 3.63) is 119 Å². The minimum absolute atomic E-state index is 0.632. The summed E-state index contributed by atoms with van der Waals surface area (Å²) in [4.78, 5) is 19.1. The molecule has 0 aromatic carbocycles. The van der Waals surface area contributed by atoms with Crippen molar-refractivity contribution >= 4 is 23.8 Å². The van der Waals surface area contributed by atoms with Crippen LogP contribution >= 0.6 is 0 Å². The van der Waals surface area contributed by atoms with Crippen LogP contribution in [-0.4, -0.2) is 19.9 Å². The largest absolute Gasteiger partial charge is 0.345 e. The van der Waals surface area contributed by atoms with Crippen LogP contribution in [0.25, 0.3) is 23.5 Å². The highest BCUT2D eigenvalue weighted by molar-refractivity contribution is 5.53. The molecular formula is C30H30N8+2. The van der Waals surface area contributed by atoms with Gasteiger partial charge in [-0.1, -0.05) is 0 Å². The van der Waals surface area contributed by atoms with Gasteiger partial charge in [0.2, 0.25) is 11.4 Å². The predicted molar refractivity (Wildman–Crippen MR) is 149 cm³/mol. The third kappa shape index (κ3) is 5.87. The molecule has 2 N–H and O–H groups in total. The van der Waals surface area contributed by atoms with Crippen LogP contribution in [0, 0.1) is 27.7 Å². The van der Waals surface area contributed by atoms with Crippen LogP contribution in [0.5, 0.6) is 0 Å². The van der Waals surface area contributed by atoms with Crippen LogP contribution in [0.1, 0.15) is 22.3 Å². The zero-order chi connectivity index (χ0) is 26.5. The summed E-state index contributed by atoms with van der Waals surface area (Å²) in [5, 5.41) is 7.84. The highest BCUT2D eigenvalue weighted by atomic mass is 15.0. The van der Waals surface area contributed by atoms with Gasteiger partial charge in [-0.05, 0) is 64.1 Å². The molecule has 0 bridgehead atoms. The molecule has 0 saturated carbocycles. The Morgan fingerprint density at radius 1 is 0.526 bits per heavy atom. The van der Waals surface area contributed by atoms with Gasteiger partial charge in [0, 0.05) is 34.7 Å². The summed E-state index contributed by atoms with van der Waals surface area (Å²) < 4.78 is 4.04. The second kappa shape index (κ2) is 11.0. The van der Waals surface area contributed by atoms with Crippen LogP contribution < -0.4 is 30.5 Å². The molecule has 38 heavy (non-hydrogen) atoms. The fourth-order valence-corrected chi connectivity index (χ4v) is 4.24. The zero-order valence-electron chi connectivity index (χ0n) is 21.9. The molecule has 0 amide bonds. The van der Waals surface area contributed by atoms with E-state index in [4.69, 9.17) is 19.9 Å². The zero-order valence-corrected chi connectivity index (χ0v) is 21.9. The van der Waals surface area contributed by atoms with Crippen LogP contribution in [0.4, 0.5) is 11.6 Å². The number of allylic oxidation sites excluding steroid dienone is 2. The summed E-state index contributed by atoms with van der Waals surface area (Å²) in [5.41, 5.74) is 6.14. The standard InChI is InChI=1S/C30H30N8/c1-21-11-22(2)18-37(17-21)25-13-33-27-7-5-10-32-30(27)36-16-26(38-19-23(3)12-24(4)20-38)14-34-28-8-6-9-31-29(28)35-15-25/h5-20H,1-4H3,(H,31,35)(H,32,36)/q+2. The van der Waals surface area contributed by atoms with Crippen molar-refractivity contribution in [1.82, 2.24) is 19.9 Å². The van der Waals surface area contributed by atoms with E-state index in [0.717, 1.165) is 33.6 Å². The summed E-state index contributed by atoms with van der Waals surface area (Å²) in [5.74, 6) is 1.26. The van der Waals surface area contributed by atoms with E-state index in [0.29, 0.717) is 22.3 Å². The quantitative estimate of drug-likeness (QED) is 0.525. The van der Waals surface area contributed by atoms with E-state index in [1.807, 2.05) is 45.8 Å². The second-order valence-electron chi connectivity index (χ2n) is 9.29. The summed E-state index contributed by atoms with van der Waals surface area (Å²) in [6.45, 7) is 8.28. The summed E-state index contributed by atoms with van der Waals surface area (Å²) in [6.07, 6.45) is 26.7. The Hall–Kier alpha value is -4.98. The number of hydrogen-bond donors (Lipinski definition) is 2. The molecule has 2 aliphatic rings. The van der Waals surface area contributed by atoms with Crippen LogP contribution in [-0.2, 0) is 0 Å². The van der Waals surface area contributed by atoms with Gasteiger partial charge in [0.05, 0.1) is 0 Å². The number of nitrogens with zero attached hydrogens (tertiary/aromatic N) is 6. The van der Waals surface area contributed by atoms with Gasteiger partial charge in [-0.3, -0.25) is 0 Å². The summed E-state index contributed by atoms with van der Waals surface area (Å²) in [6, 6.07) is 4.26. The number of hydrogen-bond acceptors (Lipinski definition) is 6. The average molecular weight is 503 g/mol. The molecule has 0 unspecified atom stereocenters. The fourth-order valence-electron chi connectivity index (χ4n) is 4.24. The van der Waals surface area contributed by atoms with E-state index in [1.54, 1.807) is 24.8 Å². The second-order valence-corrected chi connectivity index (χ2v) is 9.29. The van der Waals surface area contributed by atoms with Gasteiger partial charge >= 0.3 is 0 Å². The molecule has 8 nitrogen and oxygen atoms in total. The van der Waals surface area contributed by atoms with Crippen LogP contribution in [0.3, 0.4) is 0 Å². The lowest BCUT2D eigenvalue weighted by Gasteiger charge is -2.03. The molecule has 5 heterocycles. The normalized spacial score (nSPS) is 12.3. The lowest BCUT2D eigenvalue weighted by molar-refractivity contribution is -0.597. The Bertz CT molecular complexity index is 1550. The smallest absolute Gasteiger partial charge is 0.247 e. The van der Waals surface area contributed by atoms with Crippen molar-refractivity contribution in [2.45, 2.75) is 27.7 Å². The Morgan fingerprint density at radius 2 is 0.895 bits per heavy atom. The number of anilines is 2. The summed E-state index contributed by atoms with van der Waals surface area (Å²) >= 11 is 0. The number of aryl methyl sites for hydroxylation is 4. The number of aromatic nitrogens is 6. The van der Waals surface area contributed by atoms with Gasteiger partial charge in [-0.15, -0.1) is 0 Å². The molecule has 5 rings (SSSR count). The van der Waals surface area contributed by atoms with E-state index >= 15 is 0 Å². The maximum atomic E-state index is 4.79. The van der Waals surface area contributed by atoms with Crippen molar-refractivity contribution in [2.24, 2.45) is 0 Å². The predicted octanol–water partition coefficient (Wildman–Crippen LogP) is 2.74. The first kappa shape index (κ1) is 24.7. The van der Waals surface area contributed by atoms with Crippen LogP contribution in [0.2, 0.25) is 0 Å². The molecule has 3 aromatic heterocycles. The first-order chi connectivity index (χ1) is 18.4. The van der Waals surface area contributed by atoms with Gasteiger partial charge < -0.3 is 10.6 Å². The van der Waals surface area contributed by atoms with E-state index < -0.39 is 0 Å². The molecule has 0 radical (unpaired) electrons. The van der Waals surface area contributed by atoms with E-state index in [9.17, 15) is 0 Å². The average Bonchev–Trinajstić information content (AvgIpc) is 2.88. The minimum atomic E-state index is 0.632. The minimum Gasteiger partial charge on any atom is -0.345 e. The van der Waals surface area contributed by atoms with Crippen molar-refractivity contribution in [1.29, 1.82) is 0 Å². The van der Waals surface area contributed by atoms with Gasteiger partial charge in [0.25, 0.3) is 0 Å². The monoisotopic (exact) mass is 502 g/mol. The van der Waals surface area contributed by atoms with E-state index in [2.05, 4.69) is 75.2 Å². The highest BCUT2D eigenvalue weighted by Crippen LogP contribution is 2.04. The third-order valence-electron chi connectivity index (χ3n) is 5.83. The molecule has 188 valence electrons. The fraction of sp³-hybridized carbons (Fsp3) is 0.133. The van der Waals surface area contributed by atoms with Crippen molar-refractivity contribution < 1.29 is 9.13 Å². The number of rotatable bonds is 2. The third-order valence-corrected chi connectivity index (χ3v) is 5.83. The Morgan fingerprint density at radius 3 is 1.29 bits per heavy atom. The maximum Gasteiger partial charge on any atom is 0.247 e. The molecule has 0 saturated heterocycles. The molecule has 8 heteroatoms. The van der Waals surface area contributed by atoms with E-state index in [-0.39, 0.29) is 0 Å². The molecule has 2 aliphatic heterocycles. The Balaban J connectivity index is 1.83. The van der Waals surface area contributed by atoms with Gasteiger partial charge in [-0.25, -0.2) is 19.9 Å². The molecule has 0 spiro atoms. The van der Waals surface area contributed by atoms with Gasteiger partial charge in [-0.2, -0.15) is 9.13 Å². The van der Waals surface area contributed by atoms with Crippen molar-refractivity contribution in [2.75, 3.05) is 10.6 Å². The molecule has 0 fully saturated rings. The van der Waals surface area contributed by atoms with Gasteiger partial charge in [0.15, 0.2) is 36.4 Å². The first-order valence-electron chi connectivity index (χ1n) is 12.4. The lowest BCUT2D eigenvalue weighted by Crippen LogP contribution is -2.31. The highest BCUT2D eigenvalue weighted by Gasteiger charge is 2.10. The lowest BCUT2D eigenvalue weighted by atomic mass is 10.2. The SMILES string of the molecule is Cc1cc(C)c[n+](-c2cnc3c(ncc(-[n+]4cc(C)cc(C)c4)cnc4c(nc2)=CC=CN4)=CC=CN3)c1. The topological polar surface area (TPSA) is 83.4 Å². The molecular weight excluding hydrogens is 472 g/mol. The van der Waals surface area contributed by atoms with Crippen molar-refractivity contribution in [3.8, 4) is 11.4 Å². The summed E-state index contributed by atoms with van der Waals surface area (Å²) in [7, 11) is 0. The van der Waals surface area contributed by atoms with Crippen molar-refractivity contribution in [3.63, 3.8) is 0 Å². The number of fused-ring (bicyclic) bond motifs is 2. The maximum absolute atomic E-state index is 4.79. The Labute approximate surface area is 221 Å². The molecule has 3 aromatic rings. The molecule has 0 atom stereocenters. The number of nitrogens with one attached hydrogen (secondary N) is 2.